The summed E-state index contributed by atoms with van der Waals surface area (Å²) in [5.41, 5.74) is 5.30. The van der Waals surface area contributed by atoms with Crippen LogP contribution in [0.5, 0.6) is 0 Å². The van der Waals surface area contributed by atoms with Gasteiger partial charge in [-0.05, 0) is 6.92 Å². The van der Waals surface area contributed by atoms with Crippen molar-refractivity contribution in [3.05, 3.63) is 0 Å². The van der Waals surface area contributed by atoms with Gasteiger partial charge in [0.1, 0.15) is 12.4 Å². The van der Waals surface area contributed by atoms with Gasteiger partial charge in [-0.15, -0.1) is 0 Å². The van der Waals surface area contributed by atoms with Crippen LogP contribution in [0.3, 0.4) is 0 Å². The van der Waals surface area contributed by atoms with Crippen LogP contribution in [0, 0.1) is 0 Å². The minimum atomic E-state index is -0.175. The van der Waals surface area contributed by atoms with Gasteiger partial charge in [0.25, 0.3) is 0 Å². The predicted molar refractivity (Wildman–Crippen MR) is 41.9 cm³/mol. The summed E-state index contributed by atoms with van der Waals surface area (Å²) in [6, 6.07) is 0. The number of carbonyl (C=O) groups is 1. The quantitative estimate of drug-likeness (QED) is 0.327. The van der Waals surface area contributed by atoms with Crippen molar-refractivity contribution >= 4 is 11.7 Å². The van der Waals surface area contributed by atoms with Gasteiger partial charge in [0, 0.05) is 7.05 Å². The van der Waals surface area contributed by atoms with Crippen LogP contribution in [0.25, 0.3) is 0 Å². The second-order valence-electron chi connectivity index (χ2n) is 1.85. The Morgan fingerprint density at radius 2 is 2.36 bits per heavy atom. The highest BCUT2D eigenvalue weighted by Gasteiger charge is 2.00. The third-order valence-electron chi connectivity index (χ3n) is 0.931. The zero-order valence-electron chi connectivity index (χ0n) is 6.76. The van der Waals surface area contributed by atoms with E-state index in [0.717, 1.165) is 0 Å². The highest BCUT2D eigenvalue weighted by atomic mass is 16.6. The van der Waals surface area contributed by atoms with E-state index in [1.54, 1.807) is 6.92 Å². The van der Waals surface area contributed by atoms with Gasteiger partial charge in [0.15, 0.2) is 0 Å². The summed E-state index contributed by atoms with van der Waals surface area (Å²) in [6.07, 6.45) is 0.0799. The van der Waals surface area contributed by atoms with Gasteiger partial charge in [-0.25, -0.2) is 0 Å². The average molecular weight is 159 g/mol. The van der Waals surface area contributed by atoms with Gasteiger partial charge in [0.05, 0.1) is 6.42 Å². The topological polar surface area (TPSA) is 76.7 Å². The number of nitrogens with one attached hydrogen (secondary N) is 1. The van der Waals surface area contributed by atoms with E-state index in [0.29, 0.717) is 6.61 Å². The molecule has 5 nitrogen and oxygen atoms in total. The summed E-state index contributed by atoms with van der Waals surface area (Å²) in [5.74, 6) is 0.0113. The normalized spacial score (nSPS) is 10.9. The molecule has 0 atom stereocenters. The molecule has 1 amide bonds. The Hall–Kier alpha value is -1.26. The Balaban J connectivity index is 3.66. The molecule has 0 saturated heterocycles. The molecule has 11 heavy (non-hydrogen) atoms. The molecule has 0 heterocycles. The zero-order chi connectivity index (χ0) is 8.69. The molecular formula is C6H13N3O2. The highest BCUT2D eigenvalue weighted by Crippen LogP contribution is 1.82. The van der Waals surface area contributed by atoms with Gasteiger partial charge >= 0.3 is 0 Å². The van der Waals surface area contributed by atoms with Crippen LogP contribution >= 0.6 is 0 Å². The molecule has 64 valence electrons. The number of amides is 1. The van der Waals surface area contributed by atoms with Crippen molar-refractivity contribution < 1.29 is 9.63 Å². The maximum atomic E-state index is 10.7. The molecule has 0 aliphatic heterocycles. The van der Waals surface area contributed by atoms with Crippen molar-refractivity contribution in [3.63, 3.8) is 0 Å². The summed E-state index contributed by atoms with van der Waals surface area (Å²) >= 11 is 0. The first-order valence-corrected chi connectivity index (χ1v) is 3.35. The van der Waals surface area contributed by atoms with Gasteiger partial charge < -0.3 is 15.9 Å². The first kappa shape index (κ1) is 9.74. The zero-order valence-corrected chi connectivity index (χ0v) is 6.76. The number of carbonyl (C=O) groups excluding carboxylic acids is 1. The summed E-state index contributed by atoms with van der Waals surface area (Å²) in [5, 5.41) is 5.88. The molecule has 0 bridgehead atoms. The SMILES string of the molecule is CCO/N=C(\N)CC(=O)NC. The van der Waals surface area contributed by atoms with E-state index in [1.807, 2.05) is 0 Å². The predicted octanol–water partition coefficient (Wildman–Crippen LogP) is -0.569. The summed E-state index contributed by atoms with van der Waals surface area (Å²) in [4.78, 5) is 15.3. The van der Waals surface area contributed by atoms with Crippen LogP contribution < -0.4 is 11.1 Å². The molecule has 0 aliphatic carbocycles. The van der Waals surface area contributed by atoms with Crippen LogP contribution in [0.2, 0.25) is 0 Å². The lowest BCUT2D eigenvalue weighted by Gasteiger charge is -1.98. The maximum absolute atomic E-state index is 10.7. The van der Waals surface area contributed by atoms with Crippen molar-refractivity contribution in [2.24, 2.45) is 10.9 Å². The number of nitrogens with two attached hydrogens (primary N) is 1. The third kappa shape index (κ3) is 5.20. The van der Waals surface area contributed by atoms with Gasteiger partial charge in [-0.1, -0.05) is 5.16 Å². The summed E-state index contributed by atoms with van der Waals surface area (Å²) in [6.45, 7) is 2.24. The second-order valence-corrected chi connectivity index (χ2v) is 1.85. The lowest BCUT2D eigenvalue weighted by Crippen LogP contribution is -2.25. The monoisotopic (exact) mass is 159 g/mol. The number of amidine groups is 1. The van der Waals surface area contributed by atoms with Crippen molar-refractivity contribution in [1.82, 2.24) is 5.32 Å². The molecule has 0 aromatic rings. The Kier molecular flexibility index (Phi) is 4.89. The van der Waals surface area contributed by atoms with E-state index in [4.69, 9.17) is 5.73 Å². The molecule has 0 unspecified atom stereocenters. The fraction of sp³-hybridized carbons (Fsp3) is 0.667. The molecule has 0 aliphatic rings. The number of oxime groups is 1. The largest absolute Gasteiger partial charge is 0.395 e. The van der Waals surface area contributed by atoms with Crippen molar-refractivity contribution in [3.8, 4) is 0 Å². The van der Waals surface area contributed by atoms with E-state index in [2.05, 4.69) is 15.3 Å². The first-order chi connectivity index (χ1) is 5.20. The van der Waals surface area contributed by atoms with Gasteiger partial charge in [-0.2, -0.15) is 0 Å². The van der Waals surface area contributed by atoms with E-state index in [-0.39, 0.29) is 18.2 Å². The highest BCUT2D eigenvalue weighted by molar-refractivity contribution is 5.98. The fourth-order valence-corrected chi connectivity index (χ4v) is 0.433. The van der Waals surface area contributed by atoms with Gasteiger partial charge in [-0.3, -0.25) is 4.79 Å². The minimum Gasteiger partial charge on any atom is -0.395 e. The smallest absolute Gasteiger partial charge is 0.227 e. The van der Waals surface area contributed by atoms with E-state index < -0.39 is 0 Å². The van der Waals surface area contributed by atoms with Crippen LogP contribution in [0.1, 0.15) is 13.3 Å². The van der Waals surface area contributed by atoms with E-state index >= 15 is 0 Å². The van der Waals surface area contributed by atoms with Crippen molar-refractivity contribution in [2.75, 3.05) is 13.7 Å². The molecule has 3 N–H and O–H groups in total. The lowest BCUT2D eigenvalue weighted by atomic mass is 10.4. The maximum Gasteiger partial charge on any atom is 0.227 e. The average Bonchev–Trinajstić information content (AvgIpc) is 2.00. The summed E-state index contributed by atoms with van der Waals surface area (Å²) < 4.78 is 0. The number of hydrogen-bond donors (Lipinski definition) is 2. The van der Waals surface area contributed by atoms with Crippen LogP contribution in [0.15, 0.2) is 5.16 Å². The second kappa shape index (κ2) is 5.52. The minimum absolute atomic E-state index is 0.0799. The molecule has 0 aromatic heterocycles. The Labute approximate surface area is 65.6 Å². The standard InChI is InChI=1S/C6H13N3O2/c1-3-11-9-5(7)4-6(10)8-2/h3-4H2,1-2H3,(H2,7,9)(H,8,10). The Bertz CT molecular complexity index is 156. The lowest BCUT2D eigenvalue weighted by molar-refractivity contribution is -0.119. The molecule has 0 aromatic carbocycles. The molecule has 5 heteroatoms. The third-order valence-corrected chi connectivity index (χ3v) is 0.931. The van der Waals surface area contributed by atoms with E-state index in [1.165, 1.54) is 7.05 Å². The van der Waals surface area contributed by atoms with E-state index in [9.17, 15) is 4.79 Å². The van der Waals surface area contributed by atoms with Crippen LogP contribution in [-0.4, -0.2) is 25.4 Å². The molecular weight excluding hydrogens is 146 g/mol. The molecule has 0 saturated carbocycles. The molecule has 0 fully saturated rings. The molecule has 0 radical (unpaired) electrons. The molecule has 0 rings (SSSR count). The first-order valence-electron chi connectivity index (χ1n) is 3.35. The number of hydrogen-bond acceptors (Lipinski definition) is 3. The number of nitrogens with zero attached hydrogens (tertiary/aromatic N) is 1. The van der Waals surface area contributed by atoms with Crippen molar-refractivity contribution in [1.29, 1.82) is 0 Å². The Morgan fingerprint density at radius 3 is 2.82 bits per heavy atom. The number of rotatable bonds is 4. The Morgan fingerprint density at radius 1 is 1.73 bits per heavy atom. The van der Waals surface area contributed by atoms with Crippen molar-refractivity contribution in [2.45, 2.75) is 13.3 Å². The van der Waals surface area contributed by atoms with Crippen LogP contribution in [-0.2, 0) is 9.63 Å². The summed E-state index contributed by atoms with van der Waals surface area (Å²) in [7, 11) is 1.54. The van der Waals surface area contributed by atoms with Gasteiger partial charge in [0.2, 0.25) is 5.91 Å². The molecule has 0 spiro atoms. The van der Waals surface area contributed by atoms with Crippen LogP contribution in [0.4, 0.5) is 0 Å². The fourth-order valence-electron chi connectivity index (χ4n) is 0.433.